The first-order valence-electron chi connectivity index (χ1n) is 40.0. The molecule has 0 N–H and O–H groups in total. The lowest BCUT2D eigenvalue weighted by atomic mass is 9.92. The summed E-state index contributed by atoms with van der Waals surface area (Å²) in [5.74, 6) is 0. The van der Waals surface area contributed by atoms with Crippen LogP contribution in [0.4, 0.5) is 0 Å². The van der Waals surface area contributed by atoms with Gasteiger partial charge < -0.3 is 18.3 Å². The summed E-state index contributed by atoms with van der Waals surface area (Å²) in [7, 11) is -3.66. The van der Waals surface area contributed by atoms with Gasteiger partial charge in [0.2, 0.25) is 0 Å². The van der Waals surface area contributed by atoms with E-state index in [1.165, 1.54) is 10.6 Å². The van der Waals surface area contributed by atoms with Gasteiger partial charge in [0.1, 0.15) is 0 Å². The van der Waals surface area contributed by atoms with Crippen LogP contribution in [0.25, 0.3) is 142 Å². The first kappa shape index (κ1) is 32.8. The summed E-state index contributed by atoms with van der Waals surface area (Å²) in [4.78, 5) is 0. The number of hydrogen-bond acceptors (Lipinski definition) is 0. The molecule has 0 aliphatic carbocycles. The average Bonchev–Trinajstić information content (AvgIpc) is 1.52. The Morgan fingerprint density at radius 1 is 0.213 bits per heavy atom. The van der Waals surface area contributed by atoms with Crippen molar-refractivity contribution in [3.63, 3.8) is 0 Å². The van der Waals surface area contributed by atoms with Gasteiger partial charge in [-0.1, -0.05) is 236 Å². The topological polar surface area (TPSA) is 19.7 Å². The highest BCUT2D eigenvalue weighted by Gasteiger charge is 2.42. The van der Waals surface area contributed by atoms with Gasteiger partial charge in [0.05, 0.1) is 74.3 Å². The number of aromatic nitrogens is 4. The second-order valence-electron chi connectivity index (χ2n) is 22.2. The summed E-state index contributed by atoms with van der Waals surface area (Å²) < 4.78 is 210. The molecule has 4 aromatic heterocycles. The van der Waals surface area contributed by atoms with Gasteiger partial charge in [-0.25, -0.2) is 0 Å². The van der Waals surface area contributed by atoms with Gasteiger partial charge >= 0.3 is 0 Å². The molecule has 0 spiro atoms. The van der Waals surface area contributed by atoms with Crippen LogP contribution in [0, 0.1) is 0 Å². The Hall–Kier alpha value is -11.5. The summed E-state index contributed by atoms with van der Waals surface area (Å²) in [5, 5.41) is 10.3. The maximum Gasteiger partial charge on any atom is 0.179 e. The van der Waals surface area contributed by atoms with E-state index in [4.69, 9.17) is 15.1 Å². The number of fused-ring (bicyclic) bond motifs is 19. The van der Waals surface area contributed by atoms with Crippen molar-refractivity contribution < 1.29 is 30.2 Å². The van der Waals surface area contributed by atoms with Gasteiger partial charge in [0.15, 0.2) is 8.07 Å². The monoisotopic (exact) mass is 1170 g/mol. The zero-order chi connectivity index (χ0) is 77.5. The van der Waals surface area contributed by atoms with Crippen molar-refractivity contribution in [3.05, 3.63) is 327 Å². The fraction of sp³-hybridized carbons (Fsp3) is 0. The molecule has 0 unspecified atom stereocenters. The molecule has 4 heterocycles. The molecule has 0 saturated carbocycles. The minimum Gasteiger partial charge on any atom is -0.309 e. The predicted molar refractivity (Wildman–Crippen MR) is 380 cm³/mol. The lowest BCUT2D eigenvalue weighted by Gasteiger charge is -2.35. The molecule has 89 heavy (non-hydrogen) atoms. The maximum atomic E-state index is 10.4. The van der Waals surface area contributed by atoms with Crippen LogP contribution >= 0.6 is 0 Å². The van der Waals surface area contributed by atoms with Crippen molar-refractivity contribution in [3.8, 4) is 22.7 Å². The molecule has 0 saturated heterocycles. The van der Waals surface area contributed by atoms with Gasteiger partial charge in [-0.3, -0.25) is 0 Å². The zero-order valence-corrected chi connectivity index (χ0v) is 47.8. The zero-order valence-electron chi connectivity index (χ0n) is 68.8. The number of rotatable bonds is 8. The third-order valence-electron chi connectivity index (χ3n) is 17.9. The molecule has 0 atom stereocenters. The van der Waals surface area contributed by atoms with Crippen LogP contribution in [0.3, 0.4) is 0 Å². The minimum atomic E-state index is -3.66. The molecule has 0 aliphatic rings. The van der Waals surface area contributed by atoms with E-state index in [0.717, 1.165) is 73.9 Å². The van der Waals surface area contributed by atoms with Crippen molar-refractivity contribution in [1.82, 2.24) is 18.3 Å². The lowest BCUT2D eigenvalue weighted by Crippen LogP contribution is -2.74. The fourth-order valence-corrected chi connectivity index (χ4v) is 19.1. The first-order chi connectivity index (χ1) is 53.3. The van der Waals surface area contributed by atoms with Crippen LogP contribution in [-0.2, 0) is 0 Å². The van der Waals surface area contributed by atoms with E-state index < -0.39 is 135 Å². The highest BCUT2D eigenvalue weighted by Crippen LogP contribution is 2.45. The predicted octanol–water partition coefficient (Wildman–Crippen LogP) is 18.9. The van der Waals surface area contributed by atoms with E-state index in [1.54, 1.807) is 10.6 Å². The Kier molecular flexibility index (Phi) is 7.11. The molecule has 0 radical (unpaired) electrons. The summed E-state index contributed by atoms with van der Waals surface area (Å²) >= 11 is 0. The molecule has 19 aromatic rings. The van der Waals surface area contributed by atoms with E-state index in [0.29, 0.717) is 22.6 Å². The number of hydrogen-bond donors (Lipinski definition) is 0. The first-order valence-corrected chi connectivity index (χ1v) is 31.0. The normalized spacial score (nSPS) is 15.7. The van der Waals surface area contributed by atoms with Crippen LogP contribution in [0.15, 0.2) is 327 Å². The number of benzene rings is 15. The molecule has 0 aliphatic heterocycles. The second kappa shape index (κ2) is 19.3. The summed E-state index contributed by atoms with van der Waals surface area (Å²) in [6.07, 6.45) is 0. The largest absolute Gasteiger partial charge is 0.309 e. The van der Waals surface area contributed by atoms with Gasteiger partial charge in [-0.2, -0.15) is 0 Å². The Bertz CT molecular complexity index is 7250. The van der Waals surface area contributed by atoms with E-state index in [-0.39, 0.29) is 77.1 Å². The van der Waals surface area contributed by atoms with Crippen LogP contribution < -0.4 is 20.7 Å². The summed E-state index contributed by atoms with van der Waals surface area (Å²) in [5.41, 5.74) is 1.72. The fourth-order valence-electron chi connectivity index (χ4n) is 14.3. The molecular weight excluding hydrogens is 1090 g/mol. The Morgan fingerprint density at radius 2 is 0.607 bits per heavy atom. The maximum absolute atomic E-state index is 10.4. The van der Waals surface area contributed by atoms with E-state index in [1.807, 2.05) is 109 Å². The van der Waals surface area contributed by atoms with Crippen LogP contribution in [0.5, 0.6) is 0 Å². The molecule has 15 aromatic carbocycles. The standard InChI is InChI=1S/C84H54N4Si/c1-3-23-59(24-4-1)89(60-25-5-2-6-26-60,62-27-21-22-56(52-62)86-75-37-16-11-31-66(75)67-32-12-17-38-76(67)86)61-46-42-55(43-47-61)85-81-51-49-72-65-30-8-7-28-63(65)64-29-9-10-36-71(64)83(72)84(81)73-48-44-58(54-82(73)85)88-79-41-20-15-35-70(79)74-53-57(45-50-80(74)88)87-77-39-18-13-33-68(77)69-34-14-19-40-78(69)87/h1-54H/i11D,12D,13D,14D,15D,16D,17D,18D,19D,20D,31D,32D,33D,34D,35D,37D,38D,39D,40D,41D,50D,53D. The van der Waals surface area contributed by atoms with Crippen molar-refractivity contribution in [2.75, 3.05) is 0 Å². The Morgan fingerprint density at radius 3 is 1.16 bits per heavy atom. The number of nitrogens with zero attached hydrogens (tertiary/aromatic N) is 4. The third-order valence-corrected chi connectivity index (χ3v) is 22.7. The van der Waals surface area contributed by atoms with Gasteiger partial charge in [0, 0.05) is 71.2 Å². The minimum absolute atomic E-state index is 0.0155. The van der Waals surface area contributed by atoms with Crippen molar-refractivity contribution in [2.24, 2.45) is 0 Å². The van der Waals surface area contributed by atoms with Crippen LogP contribution in [0.1, 0.15) is 30.2 Å². The van der Waals surface area contributed by atoms with E-state index >= 15 is 0 Å². The average molecular weight is 1170 g/mol. The van der Waals surface area contributed by atoms with Crippen LogP contribution in [-0.4, -0.2) is 26.3 Å². The summed E-state index contributed by atoms with van der Waals surface area (Å²) in [6, 6.07) is 51.3. The van der Waals surface area contributed by atoms with Crippen LogP contribution in [0.2, 0.25) is 0 Å². The van der Waals surface area contributed by atoms with Gasteiger partial charge in [0.25, 0.3) is 0 Å². The number of para-hydroxylation sites is 5. The molecule has 0 amide bonds. The van der Waals surface area contributed by atoms with Crippen molar-refractivity contribution >= 4 is 148 Å². The molecule has 19 rings (SSSR count). The van der Waals surface area contributed by atoms with Gasteiger partial charge in [-0.05, 0) is 139 Å². The Balaban J connectivity index is 0.897. The van der Waals surface area contributed by atoms with Gasteiger partial charge in [-0.15, -0.1) is 0 Å². The molecule has 414 valence electrons. The van der Waals surface area contributed by atoms with E-state index in [9.17, 15) is 15.1 Å². The smallest absolute Gasteiger partial charge is 0.179 e. The Labute approximate surface area is 544 Å². The highest BCUT2D eigenvalue weighted by molar-refractivity contribution is 7.20. The quantitative estimate of drug-likeness (QED) is 0.0821. The lowest BCUT2D eigenvalue weighted by molar-refractivity contribution is 1.15. The van der Waals surface area contributed by atoms with E-state index in [2.05, 4.69) is 77.4 Å². The second-order valence-corrected chi connectivity index (χ2v) is 26.0. The molecule has 0 fully saturated rings. The third kappa shape index (κ3) is 7.10. The molecule has 0 bridgehead atoms. The molecular formula is C84H54N4Si. The molecule has 4 nitrogen and oxygen atoms in total. The summed E-state index contributed by atoms with van der Waals surface area (Å²) in [6.45, 7) is 0. The van der Waals surface area contributed by atoms with Crippen molar-refractivity contribution in [2.45, 2.75) is 0 Å². The highest BCUT2D eigenvalue weighted by atomic mass is 28.3. The SMILES string of the molecule is [2H]c1c([2H])c([2H])c2c(c1[2H])c1c([2H])c(-n3c4c([2H])c([2H])c([2H])c([2H])c4c4c([2H])c([2H])c([2H])c([2H])c43)cc([2H])c1n2-c1ccc2c3c4c5ccccc5c5ccccc5c4ccc3n(-c3ccc([Si](c4ccccc4)(c4ccccc4)c4cccc(-n5c6c([2H])c([2H])c([2H])c([2H])c6c6c([2H])c([2H])c([2H])c([2H])c65)c4)cc3)c2c1. The molecule has 5 heteroatoms. The van der Waals surface area contributed by atoms with Crippen molar-refractivity contribution in [1.29, 1.82) is 0 Å².